The predicted octanol–water partition coefficient (Wildman–Crippen LogP) is 1.11. The molecule has 5 nitrogen and oxygen atoms in total. The molecule has 0 aliphatic heterocycles. The summed E-state index contributed by atoms with van der Waals surface area (Å²) in [7, 11) is 1.30. The lowest BCUT2D eigenvalue weighted by Crippen LogP contribution is -2.41. The summed E-state index contributed by atoms with van der Waals surface area (Å²) in [5.41, 5.74) is 0.463. The zero-order valence-electron chi connectivity index (χ0n) is 10.2. The van der Waals surface area contributed by atoms with Crippen molar-refractivity contribution in [3.05, 3.63) is 30.1 Å². The summed E-state index contributed by atoms with van der Waals surface area (Å²) in [4.78, 5) is 28.7. The highest BCUT2D eigenvalue weighted by molar-refractivity contribution is 5.95. The van der Waals surface area contributed by atoms with Gasteiger partial charge in [0, 0.05) is 18.4 Å². The molecule has 1 aromatic heterocycles. The van der Waals surface area contributed by atoms with Gasteiger partial charge in [-0.3, -0.25) is 14.6 Å². The van der Waals surface area contributed by atoms with Gasteiger partial charge in [0.1, 0.15) is 6.54 Å². The zero-order valence-corrected chi connectivity index (χ0v) is 10.2. The first-order valence-electron chi connectivity index (χ1n) is 5.34. The number of esters is 1. The van der Waals surface area contributed by atoms with E-state index in [0.29, 0.717) is 5.56 Å². The first-order valence-corrected chi connectivity index (χ1v) is 5.34. The van der Waals surface area contributed by atoms with E-state index in [1.807, 2.05) is 13.8 Å². The van der Waals surface area contributed by atoms with Crippen molar-refractivity contribution in [2.45, 2.75) is 19.9 Å². The maximum atomic E-state index is 12.1. The van der Waals surface area contributed by atoms with E-state index in [1.54, 1.807) is 18.3 Å². The Morgan fingerprint density at radius 1 is 1.47 bits per heavy atom. The summed E-state index contributed by atoms with van der Waals surface area (Å²) in [6, 6.07) is 3.27. The number of methoxy groups -OCH3 is 1. The van der Waals surface area contributed by atoms with Crippen LogP contribution in [0.25, 0.3) is 0 Å². The quantitative estimate of drug-likeness (QED) is 0.735. The average molecular weight is 236 g/mol. The van der Waals surface area contributed by atoms with E-state index in [0.717, 1.165) is 0 Å². The van der Waals surface area contributed by atoms with Crippen LogP contribution in [-0.2, 0) is 9.53 Å². The summed E-state index contributed by atoms with van der Waals surface area (Å²) >= 11 is 0. The second-order valence-electron chi connectivity index (χ2n) is 3.84. The summed E-state index contributed by atoms with van der Waals surface area (Å²) in [5.74, 6) is -0.658. The van der Waals surface area contributed by atoms with Crippen LogP contribution in [0.2, 0.25) is 0 Å². The lowest BCUT2D eigenvalue weighted by Gasteiger charge is -2.25. The van der Waals surface area contributed by atoms with E-state index < -0.39 is 5.97 Å². The van der Waals surface area contributed by atoms with Gasteiger partial charge in [-0.15, -0.1) is 0 Å². The van der Waals surface area contributed by atoms with Gasteiger partial charge < -0.3 is 9.64 Å². The fraction of sp³-hybridized carbons (Fsp3) is 0.417. The minimum atomic E-state index is -0.434. The molecule has 0 radical (unpaired) electrons. The van der Waals surface area contributed by atoms with E-state index in [9.17, 15) is 9.59 Å². The minimum Gasteiger partial charge on any atom is -0.468 e. The van der Waals surface area contributed by atoms with E-state index in [-0.39, 0.29) is 18.5 Å². The number of amides is 1. The van der Waals surface area contributed by atoms with E-state index in [2.05, 4.69) is 9.72 Å². The van der Waals surface area contributed by atoms with Crippen LogP contribution < -0.4 is 0 Å². The van der Waals surface area contributed by atoms with Gasteiger partial charge in [-0.25, -0.2) is 0 Å². The summed E-state index contributed by atoms with van der Waals surface area (Å²) in [6.07, 6.45) is 3.08. The predicted molar refractivity (Wildman–Crippen MR) is 62.4 cm³/mol. The maximum absolute atomic E-state index is 12.1. The Hall–Kier alpha value is -1.91. The van der Waals surface area contributed by atoms with Crippen LogP contribution >= 0.6 is 0 Å². The van der Waals surface area contributed by atoms with Crippen LogP contribution in [0.5, 0.6) is 0 Å². The highest BCUT2D eigenvalue weighted by Crippen LogP contribution is 2.07. The summed E-state index contributed by atoms with van der Waals surface area (Å²) < 4.78 is 4.57. The number of ether oxygens (including phenoxy) is 1. The number of hydrogen-bond acceptors (Lipinski definition) is 4. The topological polar surface area (TPSA) is 59.5 Å². The van der Waals surface area contributed by atoms with Gasteiger partial charge in [0.05, 0.1) is 12.7 Å². The van der Waals surface area contributed by atoms with E-state index in [1.165, 1.54) is 18.2 Å². The van der Waals surface area contributed by atoms with Gasteiger partial charge in [0.15, 0.2) is 0 Å². The Kier molecular flexibility index (Phi) is 4.63. The Bertz CT molecular complexity index is 390. The monoisotopic (exact) mass is 236 g/mol. The van der Waals surface area contributed by atoms with E-state index in [4.69, 9.17) is 0 Å². The largest absolute Gasteiger partial charge is 0.468 e. The number of rotatable bonds is 4. The Labute approximate surface area is 100 Å². The normalized spacial score (nSPS) is 10.1. The summed E-state index contributed by atoms with van der Waals surface area (Å²) in [6.45, 7) is 3.64. The Balaban J connectivity index is 2.85. The van der Waals surface area contributed by atoms with Crippen LogP contribution in [0.15, 0.2) is 24.5 Å². The van der Waals surface area contributed by atoms with Gasteiger partial charge in [-0.05, 0) is 26.0 Å². The van der Waals surface area contributed by atoms with Crippen LogP contribution in [0.4, 0.5) is 0 Å². The van der Waals surface area contributed by atoms with E-state index >= 15 is 0 Å². The van der Waals surface area contributed by atoms with Crippen molar-refractivity contribution < 1.29 is 14.3 Å². The van der Waals surface area contributed by atoms with Crippen molar-refractivity contribution in [1.82, 2.24) is 9.88 Å². The van der Waals surface area contributed by atoms with Crippen molar-refractivity contribution in [2.24, 2.45) is 0 Å². The molecule has 17 heavy (non-hydrogen) atoms. The SMILES string of the molecule is COC(=O)CN(C(=O)c1cccnc1)C(C)C. The molecule has 0 spiro atoms. The highest BCUT2D eigenvalue weighted by Gasteiger charge is 2.21. The molecule has 0 atom stereocenters. The number of carbonyl (C=O) groups is 2. The van der Waals surface area contributed by atoms with Gasteiger partial charge in [-0.2, -0.15) is 0 Å². The molecule has 0 saturated carbocycles. The number of carbonyl (C=O) groups excluding carboxylic acids is 2. The van der Waals surface area contributed by atoms with Crippen LogP contribution in [0.1, 0.15) is 24.2 Å². The molecule has 1 heterocycles. The molecule has 0 aliphatic rings. The van der Waals surface area contributed by atoms with Crippen molar-refractivity contribution in [3.8, 4) is 0 Å². The number of aromatic nitrogens is 1. The third-order valence-electron chi connectivity index (χ3n) is 2.32. The molecule has 0 fully saturated rings. The van der Waals surface area contributed by atoms with Crippen molar-refractivity contribution in [3.63, 3.8) is 0 Å². The first-order chi connectivity index (χ1) is 8.06. The molecule has 92 valence electrons. The lowest BCUT2D eigenvalue weighted by atomic mass is 10.2. The first kappa shape index (κ1) is 13.2. The molecule has 1 rings (SSSR count). The zero-order chi connectivity index (χ0) is 12.8. The third-order valence-corrected chi connectivity index (χ3v) is 2.32. The van der Waals surface area contributed by atoms with Crippen LogP contribution in [-0.4, -0.2) is 41.5 Å². The smallest absolute Gasteiger partial charge is 0.325 e. The Morgan fingerprint density at radius 2 is 2.18 bits per heavy atom. The molecule has 0 aliphatic carbocycles. The maximum Gasteiger partial charge on any atom is 0.325 e. The van der Waals surface area contributed by atoms with Crippen molar-refractivity contribution >= 4 is 11.9 Å². The standard InChI is InChI=1S/C12H16N2O3/c1-9(2)14(8-11(15)17-3)12(16)10-5-4-6-13-7-10/h4-7,9H,8H2,1-3H3. The molecule has 0 saturated heterocycles. The second kappa shape index (κ2) is 5.98. The van der Waals surface area contributed by atoms with Gasteiger partial charge >= 0.3 is 5.97 Å². The van der Waals surface area contributed by atoms with Crippen LogP contribution in [0, 0.1) is 0 Å². The molecule has 1 aromatic rings. The molecule has 0 unspecified atom stereocenters. The minimum absolute atomic E-state index is 0.0537. The van der Waals surface area contributed by atoms with Crippen molar-refractivity contribution in [2.75, 3.05) is 13.7 Å². The van der Waals surface area contributed by atoms with Gasteiger partial charge in [0.25, 0.3) is 5.91 Å². The lowest BCUT2D eigenvalue weighted by molar-refractivity contribution is -0.141. The van der Waals surface area contributed by atoms with Gasteiger partial charge in [0.2, 0.25) is 0 Å². The number of hydrogen-bond donors (Lipinski definition) is 0. The molecule has 0 bridgehead atoms. The molecular formula is C12H16N2O3. The second-order valence-corrected chi connectivity index (χ2v) is 3.84. The average Bonchev–Trinajstić information content (AvgIpc) is 2.35. The van der Waals surface area contributed by atoms with Crippen molar-refractivity contribution in [1.29, 1.82) is 0 Å². The molecular weight excluding hydrogens is 220 g/mol. The molecule has 0 N–H and O–H groups in total. The Morgan fingerprint density at radius 3 is 2.65 bits per heavy atom. The van der Waals surface area contributed by atoms with Gasteiger partial charge in [-0.1, -0.05) is 0 Å². The molecule has 0 aromatic carbocycles. The number of nitrogens with zero attached hydrogens (tertiary/aromatic N) is 2. The third kappa shape index (κ3) is 3.55. The fourth-order valence-electron chi connectivity index (χ4n) is 1.35. The molecule has 5 heteroatoms. The fourth-order valence-corrected chi connectivity index (χ4v) is 1.35. The molecule has 1 amide bonds. The highest BCUT2D eigenvalue weighted by atomic mass is 16.5. The van der Waals surface area contributed by atoms with Crippen LogP contribution in [0.3, 0.4) is 0 Å². The summed E-state index contributed by atoms with van der Waals surface area (Å²) in [5, 5.41) is 0. The number of pyridine rings is 1.